The SMILES string of the molecule is BC(=C/C=C)/C(C=C)=C(C=C)/C(C)=C\C=C. The van der Waals surface area contributed by atoms with Gasteiger partial charge in [0.25, 0.3) is 0 Å². The fraction of sp³-hybridized carbons (Fsp3) is 0.0667. The molecule has 0 atom stereocenters. The summed E-state index contributed by atoms with van der Waals surface area (Å²) in [4.78, 5) is 0. The predicted molar refractivity (Wildman–Crippen MR) is 78.2 cm³/mol. The van der Waals surface area contributed by atoms with Crippen LogP contribution in [-0.4, -0.2) is 7.85 Å². The minimum absolute atomic E-state index is 1.07. The second-order valence-corrected chi connectivity index (χ2v) is 3.41. The van der Waals surface area contributed by atoms with Crippen LogP contribution in [0.15, 0.2) is 85.0 Å². The topological polar surface area (TPSA) is 0 Å². The molecule has 0 spiro atoms. The average Bonchev–Trinajstić information content (AvgIpc) is 2.25. The van der Waals surface area contributed by atoms with Crippen LogP contribution >= 0.6 is 0 Å². The highest BCUT2D eigenvalue weighted by molar-refractivity contribution is 6.25. The van der Waals surface area contributed by atoms with Crippen molar-refractivity contribution in [2.24, 2.45) is 0 Å². The Labute approximate surface area is 100 Å². The van der Waals surface area contributed by atoms with E-state index in [1.54, 1.807) is 12.2 Å². The van der Waals surface area contributed by atoms with Crippen LogP contribution in [0.25, 0.3) is 0 Å². The van der Waals surface area contributed by atoms with E-state index < -0.39 is 0 Å². The molecule has 0 rings (SSSR count). The van der Waals surface area contributed by atoms with Gasteiger partial charge in [0.2, 0.25) is 0 Å². The van der Waals surface area contributed by atoms with Crippen molar-refractivity contribution < 1.29 is 0 Å². The largest absolute Gasteiger partial charge is 0.140 e. The third-order valence-electron chi connectivity index (χ3n) is 2.28. The van der Waals surface area contributed by atoms with E-state index in [1.807, 2.05) is 39.1 Å². The molecule has 0 aromatic heterocycles. The van der Waals surface area contributed by atoms with Gasteiger partial charge in [-0.15, -0.1) is 0 Å². The van der Waals surface area contributed by atoms with E-state index >= 15 is 0 Å². The molecule has 0 fully saturated rings. The molecule has 0 N–H and O–H groups in total. The van der Waals surface area contributed by atoms with Crippen molar-refractivity contribution in [2.75, 3.05) is 0 Å². The normalized spacial score (nSPS) is 13.8. The van der Waals surface area contributed by atoms with E-state index in [2.05, 4.69) is 26.3 Å². The highest BCUT2D eigenvalue weighted by atomic mass is 14.1. The summed E-state index contributed by atoms with van der Waals surface area (Å²) in [5.74, 6) is 0. The van der Waals surface area contributed by atoms with E-state index in [4.69, 9.17) is 0 Å². The zero-order valence-electron chi connectivity index (χ0n) is 10.3. The van der Waals surface area contributed by atoms with Crippen molar-refractivity contribution in [1.29, 1.82) is 0 Å². The Hall–Kier alpha value is -1.76. The summed E-state index contributed by atoms with van der Waals surface area (Å²) in [6.45, 7) is 17.1. The summed E-state index contributed by atoms with van der Waals surface area (Å²) < 4.78 is 0. The fourth-order valence-corrected chi connectivity index (χ4v) is 1.50. The van der Waals surface area contributed by atoms with Crippen LogP contribution in [0.3, 0.4) is 0 Å². The lowest BCUT2D eigenvalue weighted by Gasteiger charge is -2.10. The van der Waals surface area contributed by atoms with Gasteiger partial charge in [0.1, 0.15) is 7.85 Å². The van der Waals surface area contributed by atoms with E-state index in [-0.39, 0.29) is 0 Å². The molecule has 0 heterocycles. The van der Waals surface area contributed by atoms with E-state index in [0.29, 0.717) is 0 Å². The molecule has 0 nitrogen and oxygen atoms in total. The first-order chi connectivity index (χ1) is 7.62. The Balaban J connectivity index is 5.73. The van der Waals surface area contributed by atoms with Crippen molar-refractivity contribution in [3.63, 3.8) is 0 Å². The Morgan fingerprint density at radius 1 is 0.875 bits per heavy atom. The zero-order valence-corrected chi connectivity index (χ0v) is 10.3. The van der Waals surface area contributed by atoms with Crippen molar-refractivity contribution in [2.45, 2.75) is 6.92 Å². The molecule has 0 aromatic rings. The third kappa shape index (κ3) is 3.78. The Kier molecular flexibility index (Phi) is 6.70. The van der Waals surface area contributed by atoms with Gasteiger partial charge in [-0.3, -0.25) is 0 Å². The highest BCUT2D eigenvalue weighted by Gasteiger charge is 2.03. The molecule has 0 bridgehead atoms. The van der Waals surface area contributed by atoms with Crippen molar-refractivity contribution >= 4 is 7.85 Å². The smallest absolute Gasteiger partial charge is 0.0991 e. The number of hydrogen-bond donors (Lipinski definition) is 0. The van der Waals surface area contributed by atoms with Gasteiger partial charge < -0.3 is 0 Å². The summed E-state index contributed by atoms with van der Waals surface area (Å²) in [5, 5.41) is 0. The average molecular weight is 210 g/mol. The lowest BCUT2D eigenvalue weighted by Crippen LogP contribution is -1.93. The molecule has 0 aliphatic rings. The Morgan fingerprint density at radius 3 is 1.75 bits per heavy atom. The van der Waals surface area contributed by atoms with Gasteiger partial charge >= 0.3 is 0 Å². The van der Waals surface area contributed by atoms with Crippen LogP contribution in [-0.2, 0) is 0 Å². The van der Waals surface area contributed by atoms with E-state index in [9.17, 15) is 0 Å². The molecule has 0 aromatic carbocycles. The van der Waals surface area contributed by atoms with Crippen LogP contribution in [0.4, 0.5) is 0 Å². The van der Waals surface area contributed by atoms with Crippen LogP contribution < -0.4 is 0 Å². The molecule has 16 heavy (non-hydrogen) atoms. The van der Waals surface area contributed by atoms with Gasteiger partial charge in [0, 0.05) is 0 Å². The van der Waals surface area contributed by atoms with Gasteiger partial charge in [-0.05, 0) is 23.6 Å². The molecule has 0 aliphatic carbocycles. The standard InChI is InChI=1S/C15H19B/c1-6-10-12(5)13(8-3)14(9-4)15(16)11-7-2/h6-11H,1-4,16H2,5H3/b12-10-,14-13+,15-11+. The first-order valence-corrected chi connectivity index (χ1v) is 5.20. The number of allylic oxidation sites excluding steroid dienone is 10. The summed E-state index contributed by atoms with van der Waals surface area (Å²) in [5.41, 5.74) is 4.39. The van der Waals surface area contributed by atoms with Crippen LogP contribution in [0.5, 0.6) is 0 Å². The third-order valence-corrected chi connectivity index (χ3v) is 2.28. The van der Waals surface area contributed by atoms with E-state index in [1.165, 1.54) is 0 Å². The van der Waals surface area contributed by atoms with Crippen LogP contribution in [0.1, 0.15) is 6.92 Å². The Bertz CT molecular complexity index is 352. The van der Waals surface area contributed by atoms with Crippen LogP contribution in [0.2, 0.25) is 0 Å². The molecular weight excluding hydrogens is 191 g/mol. The molecular formula is C15H19B. The van der Waals surface area contributed by atoms with Crippen molar-refractivity contribution in [3.8, 4) is 0 Å². The number of rotatable bonds is 6. The predicted octanol–water partition coefficient (Wildman–Crippen LogP) is 3.49. The maximum Gasteiger partial charge on any atom is 0.140 e. The summed E-state index contributed by atoms with van der Waals surface area (Å²) in [7, 11) is 2.03. The molecule has 0 amide bonds. The molecule has 82 valence electrons. The fourth-order valence-electron chi connectivity index (χ4n) is 1.50. The quantitative estimate of drug-likeness (QED) is 0.465. The van der Waals surface area contributed by atoms with E-state index in [0.717, 1.165) is 22.2 Å². The molecule has 0 unspecified atom stereocenters. The minimum Gasteiger partial charge on any atom is -0.0991 e. The maximum atomic E-state index is 3.84. The Morgan fingerprint density at radius 2 is 1.38 bits per heavy atom. The van der Waals surface area contributed by atoms with Crippen molar-refractivity contribution in [1.82, 2.24) is 0 Å². The second-order valence-electron chi connectivity index (χ2n) is 3.41. The maximum absolute atomic E-state index is 3.84. The number of hydrogen-bond acceptors (Lipinski definition) is 0. The molecule has 0 radical (unpaired) electrons. The first kappa shape index (κ1) is 14.2. The van der Waals surface area contributed by atoms with Gasteiger partial charge in [-0.2, -0.15) is 0 Å². The summed E-state index contributed by atoms with van der Waals surface area (Å²) in [6, 6.07) is 0. The second kappa shape index (κ2) is 7.53. The minimum atomic E-state index is 1.07. The van der Waals surface area contributed by atoms with Gasteiger partial charge in [0.15, 0.2) is 0 Å². The molecule has 0 saturated carbocycles. The van der Waals surface area contributed by atoms with Gasteiger partial charge in [0.05, 0.1) is 0 Å². The zero-order chi connectivity index (χ0) is 12.6. The lowest BCUT2D eigenvalue weighted by molar-refractivity contribution is 1.39. The lowest BCUT2D eigenvalue weighted by atomic mass is 9.83. The van der Waals surface area contributed by atoms with Crippen molar-refractivity contribution in [3.05, 3.63) is 85.0 Å². The summed E-state index contributed by atoms with van der Waals surface area (Å²) >= 11 is 0. The molecule has 0 aliphatic heterocycles. The molecule has 0 saturated heterocycles. The summed E-state index contributed by atoms with van der Waals surface area (Å²) in [6.07, 6.45) is 11.1. The van der Waals surface area contributed by atoms with Crippen LogP contribution in [0, 0.1) is 0 Å². The van der Waals surface area contributed by atoms with Gasteiger partial charge in [-0.1, -0.05) is 68.2 Å². The molecule has 1 heteroatoms. The first-order valence-electron chi connectivity index (χ1n) is 5.20. The highest BCUT2D eigenvalue weighted by Crippen LogP contribution is 2.21. The monoisotopic (exact) mass is 210 g/mol. The van der Waals surface area contributed by atoms with Gasteiger partial charge in [-0.25, -0.2) is 0 Å².